The van der Waals surface area contributed by atoms with Gasteiger partial charge >= 0.3 is 0 Å². The first-order valence-electron chi connectivity index (χ1n) is 6.61. The molecule has 19 heavy (non-hydrogen) atoms. The van der Waals surface area contributed by atoms with E-state index in [1.165, 1.54) is 0 Å². The smallest absolute Gasteiger partial charge is 0.135 e. The van der Waals surface area contributed by atoms with Crippen LogP contribution in [0.25, 0.3) is 11.3 Å². The van der Waals surface area contributed by atoms with E-state index in [-0.39, 0.29) is 5.41 Å². The van der Waals surface area contributed by atoms with Gasteiger partial charge in [-0.25, -0.2) is 4.98 Å². The van der Waals surface area contributed by atoms with Crippen molar-refractivity contribution in [2.75, 3.05) is 6.61 Å². The summed E-state index contributed by atoms with van der Waals surface area (Å²) in [4.78, 5) is 4.64. The Morgan fingerprint density at radius 1 is 1.16 bits per heavy atom. The van der Waals surface area contributed by atoms with E-state index in [1.54, 1.807) is 0 Å². The molecule has 1 aromatic carbocycles. The van der Waals surface area contributed by atoms with Gasteiger partial charge < -0.3 is 9.30 Å². The summed E-state index contributed by atoms with van der Waals surface area (Å²) < 4.78 is 7.76. The number of rotatable bonds is 4. The number of benzene rings is 1. The van der Waals surface area contributed by atoms with E-state index in [9.17, 15) is 0 Å². The van der Waals surface area contributed by atoms with Gasteiger partial charge in [0.2, 0.25) is 0 Å². The standard InChI is InChI=1S/C16H22N2O/c1-16(2,3)12-19-11-15-17-14(10-18(15)4)13-8-6-5-7-9-13/h5-10H,11-12H2,1-4H3. The lowest BCUT2D eigenvalue weighted by atomic mass is 9.99. The molecule has 0 bridgehead atoms. The molecule has 0 radical (unpaired) electrons. The molecule has 0 aliphatic rings. The maximum absolute atomic E-state index is 5.73. The van der Waals surface area contributed by atoms with E-state index in [1.807, 2.05) is 36.0 Å². The van der Waals surface area contributed by atoms with Crippen LogP contribution >= 0.6 is 0 Å². The summed E-state index contributed by atoms with van der Waals surface area (Å²) in [5.74, 6) is 0.961. The minimum atomic E-state index is 0.188. The summed E-state index contributed by atoms with van der Waals surface area (Å²) in [5.41, 5.74) is 2.32. The van der Waals surface area contributed by atoms with Gasteiger partial charge in [0.1, 0.15) is 12.4 Å². The van der Waals surface area contributed by atoms with Gasteiger partial charge in [0.15, 0.2) is 0 Å². The number of nitrogens with zero attached hydrogens (tertiary/aromatic N) is 2. The number of aryl methyl sites for hydroxylation is 1. The third-order valence-corrected chi connectivity index (χ3v) is 2.81. The zero-order chi connectivity index (χ0) is 13.9. The van der Waals surface area contributed by atoms with Gasteiger partial charge in [-0.3, -0.25) is 0 Å². The average Bonchev–Trinajstić information content (AvgIpc) is 2.71. The minimum Gasteiger partial charge on any atom is -0.373 e. The molecule has 0 amide bonds. The fraction of sp³-hybridized carbons (Fsp3) is 0.438. The summed E-state index contributed by atoms with van der Waals surface area (Å²) >= 11 is 0. The molecule has 2 rings (SSSR count). The number of hydrogen-bond acceptors (Lipinski definition) is 2. The largest absolute Gasteiger partial charge is 0.373 e. The zero-order valence-electron chi connectivity index (χ0n) is 12.2. The number of imidazole rings is 1. The highest BCUT2D eigenvalue weighted by Crippen LogP contribution is 2.19. The van der Waals surface area contributed by atoms with Crippen molar-refractivity contribution in [3.8, 4) is 11.3 Å². The van der Waals surface area contributed by atoms with Crippen molar-refractivity contribution in [2.24, 2.45) is 12.5 Å². The highest BCUT2D eigenvalue weighted by molar-refractivity contribution is 5.58. The van der Waals surface area contributed by atoms with E-state index in [4.69, 9.17) is 4.74 Å². The molecule has 0 aliphatic carbocycles. The van der Waals surface area contributed by atoms with Crippen molar-refractivity contribution in [3.05, 3.63) is 42.4 Å². The molecule has 3 heteroatoms. The second-order valence-electron chi connectivity index (χ2n) is 6.07. The summed E-state index contributed by atoms with van der Waals surface area (Å²) in [6.45, 7) is 7.80. The Morgan fingerprint density at radius 2 is 1.84 bits per heavy atom. The van der Waals surface area contributed by atoms with Crippen molar-refractivity contribution in [1.29, 1.82) is 0 Å². The highest BCUT2D eigenvalue weighted by Gasteiger charge is 2.12. The van der Waals surface area contributed by atoms with Crippen LogP contribution in [-0.4, -0.2) is 16.2 Å². The number of hydrogen-bond donors (Lipinski definition) is 0. The molecule has 0 fully saturated rings. The molecule has 0 aliphatic heterocycles. The first-order chi connectivity index (χ1) is 8.96. The van der Waals surface area contributed by atoms with Gasteiger partial charge in [0, 0.05) is 18.8 Å². The molecule has 2 aromatic rings. The summed E-state index contributed by atoms with van der Waals surface area (Å²) in [6, 6.07) is 10.2. The zero-order valence-corrected chi connectivity index (χ0v) is 12.2. The molecule has 1 aromatic heterocycles. The van der Waals surface area contributed by atoms with Crippen LogP contribution in [-0.2, 0) is 18.4 Å². The van der Waals surface area contributed by atoms with Crippen LogP contribution in [0.1, 0.15) is 26.6 Å². The van der Waals surface area contributed by atoms with Crippen LogP contribution in [0.4, 0.5) is 0 Å². The van der Waals surface area contributed by atoms with Crippen LogP contribution in [0.3, 0.4) is 0 Å². The Kier molecular flexibility index (Phi) is 4.05. The SMILES string of the molecule is Cn1cc(-c2ccccc2)nc1COCC(C)(C)C. The molecule has 0 N–H and O–H groups in total. The summed E-state index contributed by atoms with van der Waals surface area (Å²) in [6.07, 6.45) is 2.05. The Hall–Kier alpha value is -1.61. The quantitative estimate of drug-likeness (QED) is 0.837. The van der Waals surface area contributed by atoms with Crippen LogP contribution in [0, 0.1) is 5.41 Å². The average molecular weight is 258 g/mol. The molecule has 3 nitrogen and oxygen atoms in total. The van der Waals surface area contributed by atoms with Crippen LogP contribution in [0.5, 0.6) is 0 Å². The van der Waals surface area contributed by atoms with Gasteiger partial charge in [-0.1, -0.05) is 51.1 Å². The van der Waals surface area contributed by atoms with Crippen molar-refractivity contribution in [1.82, 2.24) is 9.55 Å². The Balaban J connectivity index is 2.05. The first kappa shape index (κ1) is 13.8. The molecule has 0 saturated carbocycles. The predicted molar refractivity (Wildman–Crippen MR) is 77.8 cm³/mol. The van der Waals surface area contributed by atoms with Gasteiger partial charge in [-0.05, 0) is 5.41 Å². The Labute approximate surface area is 115 Å². The third-order valence-electron chi connectivity index (χ3n) is 2.81. The monoisotopic (exact) mass is 258 g/mol. The van der Waals surface area contributed by atoms with Crippen molar-refractivity contribution >= 4 is 0 Å². The molecular formula is C16H22N2O. The lowest BCUT2D eigenvalue weighted by Gasteiger charge is -2.17. The van der Waals surface area contributed by atoms with E-state index >= 15 is 0 Å². The van der Waals surface area contributed by atoms with E-state index in [2.05, 4.69) is 37.9 Å². The summed E-state index contributed by atoms with van der Waals surface area (Å²) in [7, 11) is 2.01. The fourth-order valence-electron chi connectivity index (χ4n) is 1.84. The molecule has 102 valence electrons. The van der Waals surface area contributed by atoms with Crippen LogP contribution in [0.15, 0.2) is 36.5 Å². The molecular weight excluding hydrogens is 236 g/mol. The lowest BCUT2D eigenvalue weighted by molar-refractivity contribution is 0.0550. The molecule has 0 unspecified atom stereocenters. The summed E-state index contributed by atoms with van der Waals surface area (Å²) in [5, 5.41) is 0. The first-order valence-corrected chi connectivity index (χ1v) is 6.61. The van der Waals surface area contributed by atoms with Gasteiger partial charge in [0.05, 0.1) is 12.3 Å². The molecule has 0 spiro atoms. The maximum atomic E-state index is 5.73. The van der Waals surface area contributed by atoms with E-state index in [0.717, 1.165) is 23.7 Å². The van der Waals surface area contributed by atoms with Gasteiger partial charge in [-0.15, -0.1) is 0 Å². The van der Waals surface area contributed by atoms with Gasteiger partial charge in [-0.2, -0.15) is 0 Å². The van der Waals surface area contributed by atoms with Crippen molar-refractivity contribution in [2.45, 2.75) is 27.4 Å². The predicted octanol–water partition coefficient (Wildman–Crippen LogP) is 3.65. The molecule has 0 saturated heterocycles. The van der Waals surface area contributed by atoms with Crippen molar-refractivity contribution < 1.29 is 4.74 Å². The second kappa shape index (κ2) is 5.57. The number of ether oxygens (including phenoxy) is 1. The second-order valence-corrected chi connectivity index (χ2v) is 6.07. The normalized spacial score (nSPS) is 11.8. The Morgan fingerprint density at radius 3 is 2.47 bits per heavy atom. The van der Waals surface area contributed by atoms with Crippen LogP contribution < -0.4 is 0 Å². The molecule has 1 heterocycles. The third kappa shape index (κ3) is 3.93. The topological polar surface area (TPSA) is 27.1 Å². The fourth-order valence-corrected chi connectivity index (χ4v) is 1.84. The number of aromatic nitrogens is 2. The maximum Gasteiger partial charge on any atom is 0.135 e. The van der Waals surface area contributed by atoms with E-state index < -0.39 is 0 Å². The highest BCUT2D eigenvalue weighted by atomic mass is 16.5. The van der Waals surface area contributed by atoms with E-state index in [0.29, 0.717) is 6.61 Å². The molecule has 0 atom stereocenters. The lowest BCUT2D eigenvalue weighted by Crippen LogP contribution is -2.15. The minimum absolute atomic E-state index is 0.188. The Bertz CT molecular complexity index is 523. The van der Waals surface area contributed by atoms with Crippen molar-refractivity contribution in [3.63, 3.8) is 0 Å². The van der Waals surface area contributed by atoms with Gasteiger partial charge in [0.25, 0.3) is 0 Å². The van der Waals surface area contributed by atoms with Crippen LogP contribution in [0.2, 0.25) is 0 Å².